The second kappa shape index (κ2) is 6.21. The number of nitrogens with one attached hydrogen (secondary N) is 1. The molecule has 0 radical (unpaired) electrons. The van der Waals surface area contributed by atoms with E-state index >= 15 is 0 Å². The molecular formula is C15H24N2O. The zero-order chi connectivity index (χ0) is 13.0. The molecule has 3 nitrogen and oxygen atoms in total. The largest absolute Gasteiger partial charge is 0.496 e. The monoisotopic (exact) mass is 248 g/mol. The molecule has 100 valence electrons. The van der Waals surface area contributed by atoms with Crippen LogP contribution in [0, 0.1) is 12.8 Å². The molecular weight excluding hydrogens is 224 g/mol. The minimum absolute atomic E-state index is 0.814. The van der Waals surface area contributed by atoms with Crippen LogP contribution in [0.1, 0.15) is 17.5 Å². The Morgan fingerprint density at radius 2 is 2.28 bits per heavy atom. The molecule has 0 spiro atoms. The molecule has 0 amide bonds. The van der Waals surface area contributed by atoms with Crippen molar-refractivity contribution in [1.29, 1.82) is 0 Å². The Bertz CT molecular complexity index is 392. The molecule has 1 aliphatic rings. The van der Waals surface area contributed by atoms with Crippen LogP contribution in [0.4, 0.5) is 0 Å². The maximum Gasteiger partial charge on any atom is 0.121 e. The third-order valence-corrected chi connectivity index (χ3v) is 3.71. The predicted molar refractivity (Wildman–Crippen MR) is 75.0 cm³/mol. The second-order valence-corrected chi connectivity index (χ2v) is 5.35. The summed E-state index contributed by atoms with van der Waals surface area (Å²) in [6.07, 6.45) is 1.32. The molecule has 2 rings (SSSR count). The van der Waals surface area contributed by atoms with Crippen LogP contribution < -0.4 is 10.1 Å². The van der Waals surface area contributed by atoms with E-state index < -0.39 is 0 Å². The minimum atomic E-state index is 0.814. The lowest BCUT2D eigenvalue weighted by atomic mass is 10.1. The Labute approximate surface area is 110 Å². The van der Waals surface area contributed by atoms with Crippen molar-refractivity contribution >= 4 is 0 Å². The van der Waals surface area contributed by atoms with E-state index in [0.29, 0.717) is 0 Å². The number of benzene rings is 1. The number of aryl methyl sites for hydroxylation is 1. The third-order valence-electron chi connectivity index (χ3n) is 3.71. The molecule has 1 aromatic carbocycles. The molecule has 0 bridgehead atoms. The van der Waals surface area contributed by atoms with Gasteiger partial charge in [-0.1, -0.05) is 12.1 Å². The highest BCUT2D eigenvalue weighted by Crippen LogP contribution is 2.18. The van der Waals surface area contributed by atoms with Crippen molar-refractivity contribution in [3.8, 4) is 5.75 Å². The van der Waals surface area contributed by atoms with Gasteiger partial charge in [-0.05, 0) is 56.6 Å². The van der Waals surface area contributed by atoms with Gasteiger partial charge in [0.1, 0.15) is 5.75 Å². The Kier molecular flexibility index (Phi) is 4.61. The molecule has 3 heteroatoms. The molecule has 0 aliphatic carbocycles. The highest BCUT2D eigenvalue weighted by molar-refractivity contribution is 5.36. The van der Waals surface area contributed by atoms with E-state index in [4.69, 9.17) is 4.74 Å². The molecule has 0 saturated carbocycles. The number of likely N-dealkylation sites (tertiary alicyclic amines) is 1. The smallest absolute Gasteiger partial charge is 0.121 e. The molecule has 1 fully saturated rings. The van der Waals surface area contributed by atoms with Crippen molar-refractivity contribution in [3.05, 3.63) is 29.3 Å². The Morgan fingerprint density at radius 3 is 2.89 bits per heavy atom. The van der Waals surface area contributed by atoms with Gasteiger partial charge in [0.25, 0.3) is 0 Å². The normalized spacial score (nSPS) is 20.3. The van der Waals surface area contributed by atoms with Gasteiger partial charge in [-0.25, -0.2) is 0 Å². The van der Waals surface area contributed by atoms with E-state index in [1.54, 1.807) is 7.11 Å². The van der Waals surface area contributed by atoms with E-state index in [1.165, 1.54) is 30.6 Å². The maximum absolute atomic E-state index is 5.27. The summed E-state index contributed by atoms with van der Waals surface area (Å²) >= 11 is 0. The van der Waals surface area contributed by atoms with Crippen molar-refractivity contribution in [3.63, 3.8) is 0 Å². The van der Waals surface area contributed by atoms with E-state index in [2.05, 4.69) is 42.4 Å². The molecule has 18 heavy (non-hydrogen) atoms. The molecule has 0 aromatic heterocycles. The summed E-state index contributed by atoms with van der Waals surface area (Å²) in [7, 11) is 3.92. The Morgan fingerprint density at radius 1 is 1.44 bits per heavy atom. The van der Waals surface area contributed by atoms with Gasteiger partial charge in [0.15, 0.2) is 0 Å². The van der Waals surface area contributed by atoms with Gasteiger partial charge < -0.3 is 15.0 Å². The number of hydrogen-bond acceptors (Lipinski definition) is 3. The lowest BCUT2D eigenvalue weighted by molar-refractivity contribution is 0.388. The average Bonchev–Trinajstić information content (AvgIpc) is 2.75. The second-order valence-electron chi connectivity index (χ2n) is 5.35. The first-order valence-corrected chi connectivity index (χ1v) is 6.72. The van der Waals surface area contributed by atoms with Crippen LogP contribution in [0.15, 0.2) is 18.2 Å². The highest BCUT2D eigenvalue weighted by atomic mass is 16.5. The molecule has 1 saturated heterocycles. The summed E-state index contributed by atoms with van der Waals surface area (Å²) in [6.45, 7) is 6.64. The van der Waals surface area contributed by atoms with Crippen LogP contribution in [0.2, 0.25) is 0 Å². The van der Waals surface area contributed by atoms with Crippen LogP contribution in [0.5, 0.6) is 5.75 Å². The number of nitrogens with zero attached hydrogens (tertiary/aromatic N) is 1. The van der Waals surface area contributed by atoms with Crippen molar-refractivity contribution < 1.29 is 4.74 Å². The average molecular weight is 248 g/mol. The Hall–Kier alpha value is -1.06. The van der Waals surface area contributed by atoms with Crippen LogP contribution in [0.25, 0.3) is 0 Å². The lowest BCUT2D eigenvalue weighted by Crippen LogP contribution is -2.24. The molecule has 1 atom stereocenters. The minimum Gasteiger partial charge on any atom is -0.496 e. The summed E-state index contributed by atoms with van der Waals surface area (Å²) in [5.41, 5.74) is 2.54. The predicted octanol–water partition coefficient (Wildman–Crippen LogP) is 2.04. The molecule has 1 heterocycles. The fourth-order valence-electron chi connectivity index (χ4n) is 2.66. The fraction of sp³-hybridized carbons (Fsp3) is 0.600. The van der Waals surface area contributed by atoms with Gasteiger partial charge in [-0.15, -0.1) is 0 Å². The third kappa shape index (κ3) is 3.47. The van der Waals surface area contributed by atoms with Gasteiger partial charge in [0.2, 0.25) is 0 Å². The summed E-state index contributed by atoms with van der Waals surface area (Å²) in [6, 6.07) is 6.39. The van der Waals surface area contributed by atoms with Gasteiger partial charge in [-0.3, -0.25) is 0 Å². The fourth-order valence-corrected chi connectivity index (χ4v) is 2.66. The first-order chi connectivity index (χ1) is 8.69. The van der Waals surface area contributed by atoms with Crippen LogP contribution in [-0.2, 0) is 6.54 Å². The van der Waals surface area contributed by atoms with Crippen molar-refractivity contribution in [2.45, 2.75) is 19.9 Å². The zero-order valence-electron chi connectivity index (χ0n) is 11.7. The Balaban J connectivity index is 1.78. The van der Waals surface area contributed by atoms with Gasteiger partial charge in [0, 0.05) is 13.1 Å². The number of ether oxygens (including phenoxy) is 1. The quantitative estimate of drug-likeness (QED) is 0.863. The van der Waals surface area contributed by atoms with E-state index in [1.807, 2.05) is 0 Å². The first-order valence-electron chi connectivity index (χ1n) is 6.72. The topological polar surface area (TPSA) is 24.5 Å². The standard InChI is InChI=1S/C15H24N2O/c1-12-8-13(4-5-15(12)18-3)9-16-10-14-6-7-17(2)11-14/h4-5,8,14,16H,6-7,9-11H2,1-3H3. The van der Waals surface area contributed by atoms with Gasteiger partial charge in [0.05, 0.1) is 7.11 Å². The molecule has 1 unspecified atom stereocenters. The summed E-state index contributed by atoms with van der Waals surface area (Å²) in [4.78, 5) is 2.41. The van der Waals surface area contributed by atoms with Crippen LogP contribution in [-0.4, -0.2) is 38.7 Å². The van der Waals surface area contributed by atoms with Gasteiger partial charge >= 0.3 is 0 Å². The highest BCUT2D eigenvalue weighted by Gasteiger charge is 2.18. The lowest BCUT2D eigenvalue weighted by Gasteiger charge is -2.12. The number of rotatable bonds is 5. The molecule has 1 N–H and O–H groups in total. The first kappa shape index (κ1) is 13.4. The summed E-state index contributed by atoms with van der Waals surface area (Å²) in [5.74, 6) is 1.78. The van der Waals surface area contributed by atoms with E-state index in [9.17, 15) is 0 Å². The van der Waals surface area contributed by atoms with Crippen molar-refractivity contribution in [2.24, 2.45) is 5.92 Å². The maximum atomic E-state index is 5.27. The summed E-state index contributed by atoms with van der Waals surface area (Å²) < 4.78 is 5.27. The SMILES string of the molecule is COc1ccc(CNCC2CCN(C)C2)cc1C. The van der Waals surface area contributed by atoms with Crippen LogP contribution >= 0.6 is 0 Å². The van der Waals surface area contributed by atoms with Crippen molar-refractivity contribution in [2.75, 3.05) is 33.8 Å². The van der Waals surface area contributed by atoms with Crippen molar-refractivity contribution in [1.82, 2.24) is 10.2 Å². The number of hydrogen-bond donors (Lipinski definition) is 1. The van der Waals surface area contributed by atoms with E-state index in [0.717, 1.165) is 24.8 Å². The zero-order valence-corrected chi connectivity index (χ0v) is 11.7. The molecule has 1 aromatic rings. The van der Waals surface area contributed by atoms with E-state index in [-0.39, 0.29) is 0 Å². The van der Waals surface area contributed by atoms with Gasteiger partial charge in [-0.2, -0.15) is 0 Å². The van der Waals surface area contributed by atoms with Crippen LogP contribution in [0.3, 0.4) is 0 Å². The summed E-state index contributed by atoms with van der Waals surface area (Å²) in [5, 5.41) is 3.56. The molecule has 1 aliphatic heterocycles. The number of methoxy groups -OCH3 is 1.